The Balaban J connectivity index is 1.17. The lowest BCUT2D eigenvalue weighted by atomic mass is 10.1. The smallest absolute Gasteiger partial charge is 0.206 e. The van der Waals surface area contributed by atoms with Crippen LogP contribution in [0.4, 0.5) is 11.8 Å². The summed E-state index contributed by atoms with van der Waals surface area (Å²) >= 11 is 0. The van der Waals surface area contributed by atoms with Crippen molar-refractivity contribution in [3.63, 3.8) is 0 Å². The summed E-state index contributed by atoms with van der Waals surface area (Å²) in [4.78, 5) is 15.0. The Morgan fingerprint density at radius 3 is 2.84 bits per heavy atom. The van der Waals surface area contributed by atoms with Crippen LogP contribution in [-0.2, 0) is 13.1 Å². The number of fused-ring (bicyclic) bond motifs is 1. The minimum absolute atomic E-state index is 0.702. The monoisotopic (exact) mass is 428 g/mol. The molecule has 32 heavy (non-hydrogen) atoms. The van der Waals surface area contributed by atoms with E-state index in [1.807, 2.05) is 12.4 Å². The van der Waals surface area contributed by atoms with E-state index >= 15 is 0 Å². The van der Waals surface area contributed by atoms with E-state index in [0.29, 0.717) is 5.95 Å². The first-order chi connectivity index (χ1) is 15.8. The largest absolute Gasteiger partial charge is 0.324 e. The zero-order valence-electron chi connectivity index (χ0n) is 18.1. The predicted octanol–water partition coefficient (Wildman–Crippen LogP) is 3.38. The molecule has 1 saturated heterocycles. The Morgan fingerprint density at radius 1 is 1.06 bits per heavy atom. The molecule has 3 N–H and O–H groups in total. The van der Waals surface area contributed by atoms with E-state index in [4.69, 9.17) is 4.98 Å². The fraction of sp³-hybridized carbons (Fsp3) is 0.375. The summed E-state index contributed by atoms with van der Waals surface area (Å²) in [7, 11) is 0. The van der Waals surface area contributed by atoms with Gasteiger partial charge in [-0.1, -0.05) is 6.07 Å². The number of pyridine rings is 1. The average Bonchev–Trinajstić information content (AvgIpc) is 3.34. The van der Waals surface area contributed by atoms with Gasteiger partial charge in [0.1, 0.15) is 5.82 Å². The van der Waals surface area contributed by atoms with Crippen molar-refractivity contribution in [2.75, 3.05) is 31.5 Å². The highest BCUT2D eigenvalue weighted by molar-refractivity contribution is 5.83. The van der Waals surface area contributed by atoms with Crippen molar-refractivity contribution in [3.05, 3.63) is 54.5 Å². The molecule has 0 radical (unpaired) electrons. The van der Waals surface area contributed by atoms with Crippen LogP contribution in [0.3, 0.4) is 0 Å². The summed E-state index contributed by atoms with van der Waals surface area (Å²) in [5, 5.41) is 11.3. The van der Waals surface area contributed by atoms with Crippen LogP contribution in [0.15, 0.2) is 48.9 Å². The number of H-pyrrole nitrogens is 1. The molecular formula is C24H28N8. The van der Waals surface area contributed by atoms with E-state index in [0.717, 1.165) is 73.2 Å². The molecule has 1 saturated carbocycles. The summed E-state index contributed by atoms with van der Waals surface area (Å²) in [5.41, 5.74) is 5.46. The van der Waals surface area contributed by atoms with Gasteiger partial charge in [0.2, 0.25) is 5.95 Å². The molecule has 0 amide bonds. The Hall–Kier alpha value is -3.23. The number of rotatable bonds is 7. The summed E-state index contributed by atoms with van der Waals surface area (Å²) in [6.07, 6.45) is 8.62. The number of nitrogens with one attached hydrogen (secondary N) is 3. The lowest BCUT2D eigenvalue weighted by Crippen LogP contribution is -2.42. The third-order valence-electron chi connectivity index (χ3n) is 6.28. The molecule has 6 rings (SSSR count). The van der Waals surface area contributed by atoms with Crippen LogP contribution in [0.2, 0.25) is 0 Å². The number of piperazine rings is 1. The van der Waals surface area contributed by atoms with Gasteiger partial charge in [-0.15, -0.1) is 0 Å². The molecule has 0 spiro atoms. The van der Waals surface area contributed by atoms with Gasteiger partial charge in [0.25, 0.3) is 0 Å². The maximum Gasteiger partial charge on any atom is 0.206 e. The third kappa shape index (κ3) is 4.37. The highest BCUT2D eigenvalue weighted by atomic mass is 15.3. The number of nitrogens with zero attached hydrogens (tertiary/aromatic N) is 5. The van der Waals surface area contributed by atoms with Crippen molar-refractivity contribution in [3.8, 4) is 11.1 Å². The van der Waals surface area contributed by atoms with Gasteiger partial charge >= 0.3 is 0 Å². The number of hydrogen-bond acceptors (Lipinski definition) is 6. The van der Waals surface area contributed by atoms with E-state index in [2.05, 4.69) is 71.8 Å². The maximum absolute atomic E-state index is 4.69. The topological polar surface area (TPSA) is 86.7 Å². The fourth-order valence-electron chi connectivity index (χ4n) is 4.32. The first kappa shape index (κ1) is 19.5. The summed E-state index contributed by atoms with van der Waals surface area (Å²) in [6.45, 7) is 6.24. The van der Waals surface area contributed by atoms with Crippen molar-refractivity contribution >= 4 is 22.8 Å². The average molecular weight is 429 g/mol. The molecule has 1 aromatic carbocycles. The number of benzene rings is 1. The van der Waals surface area contributed by atoms with Gasteiger partial charge in [-0.3, -0.25) is 9.58 Å². The SMILES string of the molecule is c1cc(CN2CCNCC2)cc(Nc2nc3ccc(-c4cnn(CC5CC5)c4)cc3[nH]2)n1. The van der Waals surface area contributed by atoms with Gasteiger partial charge in [0, 0.05) is 57.2 Å². The Labute approximate surface area is 187 Å². The van der Waals surface area contributed by atoms with Crippen molar-refractivity contribution in [1.29, 1.82) is 0 Å². The van der Waals surface area contributed by atoms with Crippen LogP contribution in [0.1, 0.15) is 18.4 Å². The molecule has 4 heterocycles. The predicted molar refractivity (Wildman–Crippen MR) is 126 cm³/mol. The van der Waals surface area contributed by atoms with E-state index in [9.17, 15) is 0 Å². The number of hydrogen-bond donors (Lipinski definition) is 3. The lowest BCUT2D eigenvalue weighted by Gasteiger charge is -2.27. The van der Waals surface area contributed by atoms with Gasteiger partial charge < -0.3 is 15.6 Å². The molecule has 4 aromatic rings. The standard InChI is InChI=1S/C24H28N8/c1-2-17(1)15-32-16-20(13-27-32)19-3-4-21-22(12-19)29-24(28-21)30-23-11-18(5-6-26-23)14-31-9-7-25-8-10-31/h3-6,11-13,16-17,25H,1-2,7-10,14-15H2,(H2,26,28,29,30). The van der Waals surface area contributed by atoms with Crippen LogP contribution in [0.5, 0.6) is 0 Å². The van der Waals surface area contributed by atoms with Crippen molar-refractivity contribution < 1.29 is 0 Å². The molecule has 3 aromatic heterocycles. The second kappa shape index (κ2) is 8.37. The van der Waals surface area contributed by atoms with Crippen molar-refractivity contribution in [2.45, 2.75) is 25.9 Å². The molecule has 8 nitrogen and oxygen atoms in total. The minimum Gasteiger partial charge on any atom is -0.324 e. The molecule has 2 aliphatic rings. The molecule has 2 fully saturated rings. The molecule has 0 bridgehead atoms. The Bertz CT molecular complexity index is 1220. The van der Waals surface area contributed by atoms with E-state index < -0.39 is 0 Å². The molecule has 0 atom stereocenters. The van der Waals surface area contributed by atoms with Crippen LogP contribution in [-0.4, -0.2) is 55.8 Å². The molecular weight excluding hydrogens is 400 g/mol. The zero-order valence-corrected chi connectivity index (χ0v) is 18.1. The second-order valence-electron chi connectivity index (χ2n) is 8.91. The first-order valence-electron chi connectivity index (χ1n) is 11.5. The fourth-order valence-corrected chi connectivity index (χ4v) is 4.32. The number of aromatic nitrogens is 5. The van der Waals surface area contributed by atoms with Crippen LogP contribution < -0.4 is 10.6 Å². The third-order valence-corrected chi connectivity index (χ3v) is 6.28. The molecule has 1 aliphatic carbocycles. The Kier molecular flexibility index (Phi) is 5.09. The second-order valence-corrected chi connectivity index (χ2v) is 8.91. The van der Waals surface area contributed by atoms with E-state index in [1.165, 1.54) is 18.4 Å². The minimum atomic E-state index is 0.702. The zero-order chi connectivity index (χ0) is 21.3. The first-order valence-corrected chi connectivity index (χ1v) is 11.5. The normalized spacial score (nSPS) is 17.1. The van der Waals surface area contributed by atoms with Gasteiger partial charge in [-0.05, 0) is 54.2 Å². The van der Waals surface area contributed by atoms with Gasteiger partial charge in [0.15, 0.2) is 0 Å². The van der Waals surface area contributed by atoms with Crippen LogP contribution in [0.25, 0.3) is 22.2 Å². The van der Waals surface area contributed by atoms with Crippen molar-refractivity contribution in [2.24, 2.45) is 5.92 Å². The summed E-state index contributed by atoms with van der Waals surface area (Å²) in [6, 6.07) is 10.5. The van der Waals surface area contributed by atoms with Crippen LogP contribution >= 0.6 is 0 Å². The maximum atomic E-state index is 4.69. The highest BCUT2D eigenvalue weighted by Gasteiger charge is 2.22. The van der Waals surface area contributed by atoms with Gasteiger partial charge in [0.05, 0.1) is 17.2 Å². The van der Waals surface area contributed by atoms with E-state index in [1.54, 1.807) is 0 Å². The van der Waals surface area contributed by atoms with E-state index in [-0.39, 0.29) is 0 Å². The molecule has 0 unspecified atom stereocenters. The lowest BCUT2D eigenvalue weighted by molar-refractivity contribution is 0.233. The van der Waals surface area contributed by atoms with Gasteiger partial charge in [-0.2, -0.15) is 5.10 Å². The summed E-state index contributed by atoms with van der Waals surface area (Å²) in [5.74, 6) is 2.32. The van der Waals surface area contributed by atoms with Gasteiger partial charge in [-0.25, -0.2) is 9.97 Å². The number of imidazole rings is 1. The molecule has 8 heteroatoms. The molecule has 164 valence electrons. The number of anilines is 2. The van der Waals surface area contributed by atoms with Crippen LogP contribution in [0, 0.1) is 5.92 Å². The molecule has 1 aliphatic heterocycles. The summed E-state index contributed by atoms with van der Waals surface area (Å²) < 4.78 is 2.07. The number of aromatic amines is 1. The quantitative estimate of drug-likeness (QED) is 0.418. The Morgan fingerprint density at radius 2 is 1.97 bits per heavy atom. The van der Waals surface area contributed by atoms with Crippen molar-refractivity contribution in [1.82, 2.24) is 34.9 Å². The highest BCUT2D eigenvalue weighted by Crippen LogP contribution is 2.31.